The highest BCUT2D eigenvalue weighted by molar-refractivity contribution is 4.82. The van der Waals surface area contributed by atoms with Crippen LogP contribution in [0.5, 0.6) is 0 Å². The molecule has 0 aliphatic heterocycles. The molecule has 0 radical (unpaired) electrons. The predicted molar refractivity (Wildman–Crippen MR) is 82.3 cm³/mol. The van der Waals surface area contributed by atoms with Crippen molar-refractivity contribution >= 4 is 0 Å². The first kappa shape index (κ1) is 17.9. The summed E-state index contributed by atoms with van der Waals surface area (Å²) in [5.41, 5.74) is 0. The van der Waals surface area contributed by atoms with E-state index in [0.29, 0.717) is 12.1 Å². The summed E-state index contributed by atoms with van der Waals surface area (Å²) in [5.74, 6) is 0. The summed E-state index contributed by atoms with van der Waals surface area (Å²) in [5, 5.41) is 3.52. The van der Waals surface area contributed by atoms with Gasteiger partial charge < -0.3 is 10.2 Å². The van der Waals surface area contributed by atoms with Crippen molar-refractivity contribution < 1.29 is 0 Å². The predicted octanol–water partition coefficient (Wildman–Crippen LogP) is 2.43. The van der Waals surface area contributed by atoms with Crippen LogP contribution >= 0.6 is 0 Å². The van der Waals surface area contributed by atoms with Gasteiger partial charge in [0.05, 0.1) is 0 Å². The molecule has 2 atom stereocenters. The molecule has 0 aliphatic rings. The first-order chi connectivity index (χ1) is 8.60. The first-order valence-corrected chi connectivity index (χ1v) is 7.66. The minimum atomic E-state index is 0.638. The van der Waals surface area contributed by atoms with Crippen molar-refractivity contribution in [2.75, 3.05) is 40.8 Å². The summed E-state index contributed by atoms with van der Waals surface area (Å²) in [6.45, 7) is 10.4. The quantitative estimate of drug-likeness (QED) is 0.613. The Hall–Kier alpha value is -0.120. The fraction of sp³-hybridized carbons (Fsp3) is 1.00. The lowest BCUT2D eigenvalue weighted by Gasteiger charge is -2.36. The van der Waals surface area contributed by atoms with Crippen LogP contribution in [0.4, 0.5) is 0 Å². The van der Waals surface area contributed by atoms with Gasteiger partial charge in [-0.1, -0.05) is 27.2 Å². The summed E-state index contributed by atoms with van der Waals surface area (Å²) in [6, 6.07) is 1.32. The maximum absolute atomic E-state index is 3.52. The smallest absolute Gasteiger partial charge is 0.0246 e. The molecule has 110 valence electrons. The van der Waals surface area contributed by atoms with Gasteiger partial charge in [-0.05, 0) is 60.0 Å². The minimum Gasteiger partial charge on any atom is -0.315 e. The lowest BCUT2D eigenvalue weighted by Crippen LogP contribution is -2.49. The zero-order valence-electron chi connectivity index (χ0n) is 13.5. The van der Waals surface area contributed by atoms with Crippen molar-refractivity contribution in [3.63, 3.8) is 0 Å². The van der Waals surface area contributed by atoms with Crippen LogP contribution in [0, 0.1) is 0 Å². The Morgan fingerprint density at radius 3 is 2.11 bits per heavy atom. The Morgan fingerprint density at radius 1 is 1.06 bits per heavy atom. The van der Waals surface area contributed by atoms with Gasteiger partial charge in [-0.3, -0.25) is 4.90 Å². The maximum atomic E-state index is 3.52. The maximum Gasteiger partial charge on any atom is 0.0246 e. The standard InChI is InChI=1S/C15H35N3/c1-7-11-14(16-4)15(8-2)18(9-3)13-10-12-17(5)6/h14-16H,7-13H2,1-6H3. The van der Waals surface area contributed by atoms with E-state index in [9.17, 15) is 0 Å². The van der Waals surface area contributed by atoms with E-state index in [1.807, 2.05) is 0 Å². The van der Waals surface area contributed by atoms with Gasteiger partial charge in [-0.25, -0.2) is 0 Å². The van der Waals surface area contributed by atoms with E-state index < -0.39 is 0 Å². The third kappa shape index (κ3) is 6.72. The van der Waals surface area contributed by atoms with E-state index in [1.165, 1.54) is 38.8 Å². The molecule has 0 aliphatic carbocycles. The van der Waals surface area contributed by atoms with Crippen molar-refractivity contribution in [3.05, 3.63) is 0 Å². The van der Waals surface area contributed by atoms with Gasteiger partial charge in [0.1, 0.15) is 0 Å². The molecule has 2 unspecified atom stereocenters. The Bertz CT molecular complexity index is 183. The fourth-order valence-corrected chi connectivity index (χ4v) is 2.79. The lowest BCUT2D eigenvalue weighted by molar-refractivity contribution is 0.151. The molecule has 0 aromatic heterocycles. The van der Waals surface area contributed by atoms with Crippen molar-refractivity contribution in [1.82, 2.24) is 15.1 Å². The van der Waals surface area contributed by atoms with Crippen LogP contribution in [0.25, 0.3) is 0 Å². The summed E-state index contributed by atoms with van der Waals surface area (Å²) in [4.78, 5) is 4.93. The van der Waals surface area contributed by atoms with Crippen LogP contribution in [-0.2, 0) is 0 Å². The normalized spacial score (nSPS) is 15.3. The van der Waals surface area contributed by atoms with Crippen LogP contribution in [0.1, 0.15) is 46.5 Å². The molecule has 0 spiro atoms. The van der Waals surface area contributed by atoms with E-state index in [0.717, 1.165) is 6.54 Å². The molecule has 0 aromatic carbocycles. The number of hydrogen-bond acceptors (Lipinski definition) is 3. The van der Waals surface area contributed by atoms with Crippen molar-refractivity contribution in [3.8, 4) is 0 Å². The van der Waals surface area contributed by atoms with Gasteiger partial charge in [-0.15, -0.1) is 0 Å². The largest absolute Gasteiger partial charge is 0.315 e. The van der Waals surface area contributed by atoms with Gasteiger partial charge in [0.25, 0.3) is 0 Å². The minimum absolute atomic E-state index is 0.638. The molecule has 0 bridgehead atoms. The summed E-state index contributed by atoms with van der Waals surface area (Å²) >= 11 is 0. The van der Waals surface area contributed by atoms with E-state index in [2.05, 4.69) is 57.0 Å². The first-order valence-electron chi connectivity index (χ1n) is 7.66. The molecule has 0 heterocycles. The Kier molecular flexibility index (Phi) is 10.7. The highest BCUT2D eigenvalue weighted by Gasteiger charge is 2.22. The number of hydrogen-bond donors (Lipinski definition) is 1. The summed E-state index contributed by atoms with van der Waals surface area (Å²) in [7, 11) is 6.42. The second kappa shape index (κ2) is 10.8. The van der Waals surface area contributed by atoms with Crippen molar-refractivity contribution in [2.24, 2.45) is 0 Å². The van der Waals surface area contributed by atoms with Gasteiger partial charge in [0.15, 0.2) is 0 Å². The van der Waals surface area contributed by atoms with Crippen molar-refractivity contribution in [1.29, 1.82) is 0 Å². The zero-order valence-corrected chi connectivity index (χ0v) is 13.5. The Balaban J connectivity index is 4.35. The molecule has 0 rings (SSSR count). The fourth-order valence-electron chi connectivity index (χ4n) is 2.79. The number of rotatable bonds is 11. The van der Waals surface area contributed by atoms with Crippen LogP contribution < -0.4 is 5.32 Å². The molecule has 0 amide bonds. The van der Waals surface area contributed by atoms with Gasteiger partial charge >= 0.3 is 0 Å². The molecule has 0 aromatic rings. The highest BCUT2D eigenvalue weighted by Crippen LogP contribution is 2.14. The lowest BCUT2D eigenvalue weighted by atomic mass is 9.99. The number of likely N-dealkylation sites (N-methyl/N-ethyl adjacent to an activating group) is 2. The van der Waals surface area contributed by atoms with Gasteiger partial charge in [0, 0.05) is 12.1 Å². The van der Waals surface area contributed by atoms with Gasteiger partial charge in [0.2, 0.25) is 0 Å². The molecular formula is C15H35N3. The molecule has 18 heavy (non-hydrogen) atoms. The molecule has 3 nitrogen and oxygen atoms in total. The van der Waals surface area contributed by atoms with E-state index in [4.69, 9.17) is 0 Å². The third-order valence-corrected chi connectivity index (χ3v) is 3.78. The Morgan fingerprint density at radius 2 is 1.72 bits per heavy atom. The van der Waals surface area contributed by atoms with Crippen LogP contribution in [0.2, 0.25) is 0 Å². The average molecular weight is 257 g/mol. The zero-order chi connectivity index (χ0) is 14.0. The molecule has 0 saturated carbocycles. The Labute approximate surface area is 115 Å². The van der Waals surface area contributed by atoms with Gasteiger partial charge in [-0.2, -0.15) is 0 Å². The average Bonchev–Trinajstić information content (AvgIpc) is 2.35. The van der Waals surface area contributed by atoms with Crippen molar-refractivity contribution in [2.45, 2.75) is 58.5 Å². The molecule has 0 fully saturated rings. The van der Waals surface area contributed by atoms with Crippen LogP contribution in [-0.4, -0.2) is 62.7 Å². The topological polar surface area (TPSA) is 18.5 Å². The SMILES string of the molecule is CCCC(NC)C(CC)N(CC)CCCN(C)C. The van der Waals surface area contributed by atoms with E-state index in [1.54, 1.807) is 0 Å². The second-order valence-electron chi connectivity index (χ2n) is 5.44. The number of nitrogens with zero attached hydrogens (tertiary/aromatic N) is 2. The molecule has 3 heteroatoms. The number of nitrogens with one attached hydrogen (secondary N) is 1. The highest BCUT2D eigenvalue weighted by atomic mass is 15.2. The van der Waals surface area contributed by atoms with Crippen LogP contribution in [0.15, 0.2) is 0 Å². The molecule has 1 N–H and O–H groups in total. The summed E-state index contributed by atoms with van der Waals surface area (Å²) in [6.07, 6.45) is 5.04. The molecule has 0 saturated heterocycles. The second-order valence-corrected chi connectivity index (χ2v) is 5.44. The molecular weight excluding hydrogens is 222 g/mol. The van der Waals surface area contributed by atoms with Crippen LogP contribution in [0.3, 0.4) is 0 Å². The monoisotopic (exact) mass is 257 g/mol. The third-order valence-electron chi connectivity index (χ3n) is 3.78. The van der Waals surface area contributed by atoms with E-state index in [-0.39, 0.29) is 0 Å². The van der Waals surface area contributed by atoms with E-state index >= 15 is 0 Å². The summed E-state index contributed by atoms with van der Waals surface area (Å²) < 4.78 is 0.